The van der Waals surface area contributed by atoms with E-state index >= 15 is 0 Å². The number of aromatic hydroxyl groups is 1. The van der Waals surface area contributed by atoms with Gasteiger partial charge in [-0.05, 0) is 16.8 Å². The summed E-state index contributed by atoms with van der Waals surface area (Å²) >= 11 is 0. The highest BCUT2D eigenvalue weighted by Crippen LogP contribution is 2.27. The van der Waals surface area contributed by atoms with Crippen molar-refractivity contribution in [2.24, 2.45) is 0 Å². The van der Waals surface area contributed by atoms with Crippen LogP contribution in [0.15, 0.2) is 23.7 Å². The molecule has 0 saturated carbocycles. The number of rotatable bonds is 0. The molecule has 0 bridgehead atoms. The van der Waals surface area contributed by atoms with Crippen LogP contribution in [-0.4, -0.2) is 14.6 Å². The number of aromatic nitrogens is 1. The summed E-state index contributed by atoms with van der Waals surface area (Å²) in [4.78, 5) is 3.86. The molecule has 1 unspecified atom stereocenters. The van der Waals surface area contributed by atoms with Crippen molar-refractivity contribution >= 4 is 21.0 Å². The number of fused-ring (bicyclic) bond motifs is 1. The van der Waals surface area contributed by atoms with Crippen molar-refractivity contribution in [2.45, 2.75) is 0 Å². The van der Waals surface area contributed by atoms with Crippen molar-refractivity contribution < 1.29 is 9.66 Å². The van der Waals surface area contributed by atoms with E-state index in [9.17, 15) is 4.55 Å². The highest BCUT2D eigenvalue weighted by atomic mass is 32.2. The summed E-state index contributed by atoms with van der Waals surface area (Å²) in [5, 5.41) is 9.01. The number of thiazole rings is 1. The zero-order valence-corrected chi connectivity index (χ0v) is 6.34. The number of hydrogen-bond donors (Lipinski definition) is 1. The number of phenolic OH excluding ortho intramolecular Hbond substituents is 1. The zero-order chi connectivity index (χ0) is 7.84. The largest absolute Gasteiger partial charge is 0.589 e. The lowest BCUT2D eigenvalue weighted by atomic mass is 10.3. The van der Waals surface area contributed by atoms with Gasteiger partial charge in [-0.2, -0.15) is 4.98 Å². The molecule has 2 rings (SSSR count). The molecule has 56 valence electrons. The van der Waals surface area contributed by atoms with Crippen LogP contribution in [0, 0.1) is 0 Å². The third-order valence-corrected chi connectivity index (χ3v) is 2.52. The van der Waals surface area contributed by atoms with E-state index in [0.29, 0.717) is 10.2 Å². The van der Waals surface area contributed by atoms with Gasteiger partial charge >= 0.3 is 0 Å². The molecule has 0 radical (unpaired) electrons. The summed E-state index contributed by atoms with van der Waals surface area (Å²) < 4.78 is 11.7. The molecule has 1 heterocycles. The van der Waals surface area contributed by atoms with Crippen LogP contribution in [0.5, 0.6) is 5.75 Å². The van der Waals surface area contributed by atoms with E-state index in [1.807, 2.05) is 0 Å². The van der Waals surface area contributed by atoms with Gasteiger partial charge in [0.25, 0.3) is 0 Å². The van der Waals surface area contributed by atoms with Crippen LogP contribution in [0.25, 0.3) is 10.2 Å². The molecular formula is C7H5NO2S. The van der Waals surface area contributed by atoms with Crippen LogP contribution in [0.4, 0.5) is 0 Å². The van der Waals surface area contributed by atoms with Gasteiger partial charge in [0.05, 0.1) is 0 Å². The second-order valence-electron chi connectivity index (χ2n) is 2.18. The maximum atomic E-state index is 11.1. The summed E-state index contributed by atoms with van der Waals surface area (Å²) in [5.41, 5.74) is 1.97. The summed E-state index contributed by atoms with van der Waals surface area (Å²) in [6.45, 7) is 0. The molecule has 1 aromatic heterocycles. The van der Waals surface area contributed by atoms with Gasteiger partial charge in [0.2, 0.25) is 5.51 Å². The number of hydrogen-bond acceptors (Lipinski definition) is 3. The van der Waals surface area contributed by atoms with Crippen molar-refractivity contribution in [3.8, 4) is 5.75 Å². The molecule has 0 fully saturated rings. The van der Waals surface area contributed by atoms with Crippen molar-refractivity contribution in [2.75, 3.05) is 0 Å². The fourth-order valence-electron chi connectivity index (χ4n) is 0.938. The Balaban J connectivity index is 2.86. The van der Waals surface area contributed by atoms with Gasteiger partial charge in [-0.1, -0.05) is 0 Å². The van der Waals surface area contributed by atoms with E-state index in [1.165, 1.54) is 17.6 Å². The molecule has 0 spiro atoms. The molecule has 1 atom stereocenters. The van der Waals surface area contributed by atoms with Gasteiger partial charge in [-0.15, -0.1) is 0 Å². The first-order chi connectivity index (χ1) is 5.27. The third-order valence-electron chi connectivity index (χ3n) is 1.45. The Hall–Kier alpha value is -1.13. The van der Waals surface area contributed by atoms with Crippen molar-refractivity contribution in [1.82, 2.24) is 4.98 Å². The average molecular weight is 167 g/mol. The lowest BCUT2D eigenvalue weighted by Crippen LogP contribution is -1.66. The SMILES string of the molecule is [O-][s+]1cnc2cc(O)ccc21. The molecule has 0 aliphatic heterocycles. The summed E-state index contributed by atoms with van der Waals surface area (Å²) in [7, 11) is -1.11. The number of phenols is 1. The van der Waals surface area contributed by atoms with Gasteiger partial charge in [0, 0.05) is 12.1 Å². The Labute approximate surface area is 65.7 Å². The standard InChI is InChI=1S/C7H5NO2S/c9-5-1-2-7-6(3-5)8-4-11(7)10/h1-4,9H. The van der Waals surface area contributed by atoms with Crippen molar-refractivity contribution in [3.63, 3.8) is 0 Å². The van der Waals surface area contributed by atoms with Crippen LogP contribution < -0.4 is 0 Å². The van der Waals surface area contributed by atoms with Gasteiger partial charge in [-0.25, -0.2) is 0 Å². The van der Waals surface area contributed by atoms with Gasteiger partial charge < -0.3 is 9.66 Å². The van der Waals surface area contributed by atoms with Crippen molar-refractivity contribution in [1.29, 1.82) is 0 Å². The molecule has 1 N–H and O–H groups in total. The Morgan fingerprint density at radius 2 is 2.27 bits per heavy atom. The Kier molecular flexibility index (Phi) is 1.30. The van der Waals surface area contributed by atoms with Gasteiger partial charge in [-0.3, -0.25) is 0 Å². The van der Waals surface area contributed by atoms with Gasteiger partial charge in [0.1, 0.15) is 11.3 Å². The maximum Gasteiger partial charge on any atom is 0.229 e. The monoisotopic (exact) mass is 167 g/mol. The fourth-order valence-corrected chi connectivity index (χ4v) is 1.78. The van der Waals surface area contributed by atoms with Crippen LogP contribution >= 0.6 is 10.8 Å². The molecule has 1 aromatic carbocycles. The lowest BCUT2D eigenvalue weighted by Gasteiger charge is -1.88. The maximum absolute atomic E-state index is 11.1. The topological polar surface area (TPSA) is 56.2 Å². The molecule has 2 aromatic rings. The minimum absolute atomic E-state index is 0.153. The Morgan fingerprint density at radius 1 is 1.45 bits per heavy atom. The fraction of sp³-hybridized carbons (Fsp3) is 0. The second kappa shape index (κ2) is 2.18. The minimum atomic E-state index is -1.11. The van der Waals surface area contributed by atoms with E-state index in [-0.39, 0.29) is 5.75 Å². The minimum Gasteiger partial charge on any atom is -0.589 e. The van der Waals surface area contributed by atoms with Crippen LogP contribution in [0.2, 0.25) is 0 Å². The number of benzene rings is 1. The molecule has 0 amide bonds. The van der Waals surface area contributed by atoms with Crippen LogP contribution in [0.3, 0.4) is 0 Å². The molecule has 3 nitrogen and oxygen atoms in total. The quantitative estimate of drug-likeness (QED) is 0.607. The number of nitrogens with zero attached hydrogens (tertiary/aromatic N) is 1. The molecule has 0 saturated heterocycles. The van der Waals surface area contributed by atoms with E-state index in [1.54, 1.807) is 6.07 Å². The normalized spacial score (nSPS) is 12.3. The van der Waals surface area contributed by atoms with E-state index in [2.05, 4.69) is 4.98 Å². The average Bonchev–Trinajstić information content (AvgIpc) is 2.32. The van der Waals surface area contributed by atoms with Crippen LogP contribution in [-0.2, 0) is 0 Å². The zero-order valence-electron chi connectivity index (χ0n) is 5.52. The van der Waals surface area contributed by atoms with E-state index < -0.39 is 10.8 Å². The lowest BCUT2D eigenvalue weighted by molar-refractivity contribution is 0.476. The third kappa shape index (κ3) is 0.961. The smallest absolute Gasteiger partial charge is 0.229 e. The molecule has 4 heteroatoms. The van der Waals surface area contributed by atoms with E-state index in [4.69, 9.17) is 5.11 Å². The summed E-state index contributed by atoms with van der Waals surface area (Å²) in [6, 6.07) is 4.62. The highest BCUT2D eigenvalue weighted by molar-refractivity contribution is 7.29. The first-order valence-electron chi connectivity index (χ1n) is 3.05. The molecule has 0 aliphatic rings. The summed E-state index contributed by atoms with van der Waals surface area (Å²) in [5.74, 6) is 0.153. The first kappa shape index (κ1) is 6.57. The van der Waals surface area contributed by atoms with Crippen LogP contribution in [0.1, 0.15) is 0 Å². The Bertz CT molecular complexity index is 396. The second-order valence-corrected chi connectivity index (χ2v) is 3.43. The highest BCUT2D eigenvalue weighted by Gasteiger charge is 2.05. The molecule has 0 aliphatic carbocycles. The predicted molar refractivity (Wildman–Crippen MR) is 42.1 cm³/mol. The summed E-state index contributed by atoms with van der Waals surface area (Å²) in [6.07, 6.45) is 0. The first-order valence-corrected chi connectivity index (χ1v) is 4.26. The molecule has 11 heavy (non-hydrogen) atoms. The predicted octanol–water partition coefficient (Wildman–Crippen LogP) is 1.67. The molecular weight excluding hydrogens is 162 g/mol. The Morgan fingerprint density at radius 3 is 3.09 bits per heavy atom. The van der Waals surface area contributed by atoms with Crippen molar-refractivity contribution in [3.05, 3.63) is 23.7 Å². The van der Waals surface area contributed by atoms with E-state index in [0.717, 1.165) is 0 Å². The van der Waals surface area contributed by atoms with Gasteiger partial charge in [0.15, 0.2) is 4.70 Å².